The van der Waals surface area contributed by atoms with Crippen molar-refractivity contribution in [2.24, 2.45) is 0 Å². The Morgan fingerprint density at radius 1 is 1.38 bits per heavy atom. The molecule has 0 radical (unpaired) electrons. The predicted octanol–water partition coefficient (Wildman–Crippen LogP) is 1.28. The molecule has 0 spiro atoms. The SMILES string of the molecule is CN(CC(=O)NC(=O)c1ccc(Cl)cc1)C1CCCNC1. The highest BCUT2D eigenvalue weighted by Gasteiger charge is 2.20. The normalized spacial score (nSPS) is 18.5. The van der Waals surface area contributed by atoms with Crippen LogP contribution in [-0.4, -0.2) is 49.4 Å². The summed E-state index contributed by atoms with van der Waals surface area (Å²) in [6.07, 6.45) is 2.18. The molecule has 0 aliphatic carbocycles. The zero-order chi connectivity index (χ0) is 15.2. The molecule has 1 unspecified atom stereocenters. The average molecular weight is 310 g/mol. The molecule has 2 N–H and O–H groups in total. The van der Waals surface area contributed by atoms with Gasteiger partial charge in [-0.2, -0.15) is 0 Å². The Kier molecular flexibility index (Phi) is 5.73. The monoisotopic (exact) mass is 309 g/mol. The van der Waals surface area contributed by atoms with Crippen LogP contribution >= 0.6 is 11.6 Å². The first kappa shape index (κ1) is 15.9. The van der Waals surface area contributed by atoms with Gasteiger partial charge in [0.25, 0.3) is 5.91 Å². The van der Waals surface area contributed by atoms with Crippen LogP contribution in [0.2, 0.25) is 5.02 Å². The quantitative estimate of drug-likeness (QED) is 0.879. The first-order valence-electron chi connectivity index (χ1n) is 7.07. The van der Waals surface area contributed by atoms with Gasteiger partial charge in [-0.25, -0.2) is 0 Å². The second-order valence-corrected chi connectivity index (χ2v) is 5.74. The summed E-state index contributed by atoms with van der Waals surface area (Å²) in [5.41, 5.74) is 0.426. The lowest BCUT2D eigenvalue weighted by atomic mass is 10.1. The highest BCUT2D eigenvalue weighted by atomic mass is 35.5. The van der Waals surface area contributed by atoms with Gasteiger partial charge in [0, 0.05) is 23.2 Å². The molecular formula is C15H20ClN3O2. The van der Waals surface area contributed by atoms with E-state index in [1.165, 1.54) is 0 Å². The smallest absolute Gasteiger partial charge is 0.257 e. The molecule has 1 aromatic rings. The minimum absolute atomic E-state index is 0.214. The number of carbonyl (C=O) groups is 2. The number of nitrogens with one attached hydrogen (secondary N) is 2. The third-order valence-electron chi connectivity index (χ3n) is 3.65. The first-order valence-corrected chi connectivity index (χ1v) is 7.45. The van der Waals surface area contributed by atoms with Crippen LogP contribution in [0.3, 0.4) is 0 Å². The maximum Gasteiger partial charge on any atom is 0.257 e. The molecule has 114 valence electrons. The number of nitrogens with zero attached hydrogens (tertiary/aromatic N) is 1. The third-order valence-corrected chi connectivity index (χ3v) is 3.90. The number of rotatable bonds is 4. The molecule has 5 nitrogen and oxygen atoms in total. The van der Waals surface area contributed by atoms with Crippen molar-refractivity contribution in [2.75, 3.05) is 26.7 Å². The molecular weight excluding hydrogens is 290 g/mol. The summed E-state index contributed by atoms with van der Waals surface area (Å²) in [4.78, 5) is 25.8. The average Bonchev–Trinajstić information content (AvgIpc) is 2.48. The van der Waals surface area contributed by atoms with Crippen molar-refractivity contribution >= 4 is 23.4 Å². The molecule has 6 heteroatoms. The van der Waals surface area contributed by atoms with Gasteiger partial charge in [-0.1, -0.05) is 11.6 Å². The van der Waals surface area contributed by atoms with E-state index in [-0.39, 0.29) is 12.5 Å². The number of halogens is 1. The second kappa shape index (κ2) is 7.54. The highest BCUT2D eigenvalue weighted by molar-refractivity contribution is 6.30. The number of hydrogen-bond acceptors (Lipinski definition) is 4. The van der Waals surface area contributed by atoms with E-state index < -0.39 is 5.91 Å². The Morgan fingerprint density at radius 2 is 2.10 bits per heavy atom. The maximum atomic E-state index is 11.9. The Labute approximate surface area is 129 Å². The van der Waals surface area contributed by atoms with Crippen LogP contribution in [0.1, 0.15) is 23.2 Å². The molecule has 1 atom stereocenters. The van der Waals surface area contributed by atoms with Gasteiger partial charge in [-0.05, 0) is 50.7 Å². The fourth-order valence-corrected chi connectivity index (χ4v) is 2.53. The summed E-state index contributed by atoms with van der Waals surface area (Å²) >= 11 is 5.77. The minimum atomic E-state index is -0.396. The van der Waals surface area contributed by atoms with Gasteiger partial charge in [-0.3, -0.25) is 19.8 Å². The van der Waals surface area contributed by atoms with Gasteiger partial charge in [0.1, 0.15) is 0 Å². The van der Waals surface area contributed by atoms with Crippen molar-refractivity contribution in [3.63, 3.8) is 0 Å². The van der Waals surface area contributed by atoms with Crippen molar-refractivity contribution in [3.05, 3.63) is 34.9 Å². The van der Waals surface area contributed by atoms with Gasteiger partial charge < -0.3 is 5.32 Å². The van der Waals surface area contributed by atoms with Crippen molar-refractivity contribution in [1.29, 1.82) is 0 Å². The number of amides is 2. The van der Waals surface area contributed by atoms with Gasteiger partial charge in [-0.15, -0.1) is 0 Å². The van der Waals surface area contributed by atoms with E-state index in [4.69, 9.17) is 11.6 Å². The number of piperidine rings is 1. The van der Waals surface area contributed by atoms with E-state index in [1.54, 1.807) is 24.3 Å². The number of imide groups is 1. The van der Waals surface area contributed by atoms with Gasteiger partial charge in [0.15, 0.2) is 0 Å². The third kappa shape index (κ3) is 4.81. The Hall–Kier alpha value is -1.43. The summed E-state index contributed by atoms with van der Waals surface area (Å²) in [6.45, 7) is 2.13. The van der Waals surface area contributed by atoms with Gasteiger partial charge >= 0.3 is 0 Å². The minimum Gasteiger partial charge on any atom is -0.315 e. The molecule has 1 fully saturated rings. The van der Waals surface area contributed by atoms with E-state index in [9.17, 15) is 9.59 Å². The molecule has 1 aliphatic rings. The number of benzene rings is 1. The first-order chi connectivity index (χ1) is 10.1. The van der Waals surface area contributed by atoms with Crippen LogP contribution in [0.15, 0.2) is 24.3 Å². The number of carbonyl (C=O) groups excluding carboxylic acids is 2. The van der Waals surface area contributed by atoms with Gasteiger partial charge in [0.05, 0.1) is 6.54 Å². The van der Waals surface area contributed by atoms with Crippen LogP contribution in [0.5, 0.6) is 0 Å². The molecule has 1 saturated heterocycles. The zero-order valence-electron chi connectivity index (χ0n) is 12.1. The molecule has 21 heavy (non-hydrogen) atoms. The van der Waals surface area contributed by atoms with Crippen molar-refractivity contribution in [1.82, 2.24) is 15.5 Å². The summed E-state index contributed by atoms with van der Waals surface area (Å²) in [7, 11) is 1.91. The molecule has 1 aliphatic heterocycles. The fourth-order valence-electron chi connectivity index (χ4n) is 2.40. The van der Waals surface area contributed by atoms with Crippen LogP contribution in [0.25, 0.3) is 0 Å². The molecule has 2 amide bonds. The summed E-state index contributed by atoms with van der Waals surface area (Å²) in [5.74, 6) is -0.685. The molecule has 0 saturated carbocycles. The van der Waals surface area contributed by atoms with E-state index >= 15 is 0 Å². The van der Waals surface area contributed by atoms with E-state index in [0.717, 1.165) is 25.9 Å². The molecule has 2 rings (SSSR count). The standard InChI is InChI=1S/C15H20ClN3O2/c1-19(13-3-2-8-17-9-13)10-14(20)18-15(21)11-4-6-12(16)7-5-11/h4-7,13,17H,2-3,8-10H2,1H3,(H,18,20,21). The maximum absolute atomic E-state index is 11.9. The molecule has 1 aromatic carbocycles. The Morgan fingerprint density at radius 3 is 2.71 bits per heavy atom. The fraction of sp³-hybridized carbons (Fsp3) is 0.467. The molecule has 1 heterocycles. The van der Waals surface area contributed by atoms with E-state index in [0.29, 0.717) is 16.6 Å². The zero-order valence-corrected chi connectivity index (χ0v) is 12.8. The highest BCUT2D eigenvalue weighted by Crippen LogP contribution is 2.10. The number of likely N-dealkylation sites (N-methyl/N-ethyl adjacent to an activating group) is 1. The topological polar surface area (TPSA) is 61.4 Å². The molecule has 0 aromatic heterocycles. The summed E-state index contributed by atoms with van der Waals surface area (Å²) < 4.78 is 0. The number of hydrogen-bond donors (Lipinski definition) is 2. The Balaban J connectivity index is 1.83. The lowest BCUT2D eigenvalue weighted by molar-refractivity contribution is -0.121. The largest absolute Gasteiger partial charge is 0.315 e. The summed E-state index contributed by atoms with van der Waals surface area (Å²) in [6, 6.07) is 6.79. The van der Waals surface area contributed by atoms with Crippen LogP contribution in [-0.2, 0) is 4.79 Å². The second-order valence-electron chi connectivity index (χ2n) is 5.30. The van der Waals surface area contributed by atoms with Crippen molar-refractivity contribution < 1.29 is 9.59 Å². The van der Waals surface area contributed by atoms with Crippen molar-refractivity contribution in [3.8, 4) is 0 Å². The van der Waals surface area contributed by atoms with Gasteiger partial charge in [0.2, 0.25) is 5.91 Å². The molecule has 0 bridgehead atoms. The predicted molar refractivity (Wildman–Crippen MR) is 82.4 cm³/mol. The van der Waals surface area contributed by atoms with Crippen LogP contribution in [0, 0.1) is 0 Å². The Bertz CT molecular complexity index is 498. The summed E-state index contributed by atoms with van der Waals surface area (Å²) in [5, 5.41) is 6.27. The lowest BCUT2D eigenvalue weighted by Crippen LogP contribution is -2.48. The lowest BCUT2D eigenvalue weighted by Gasteiger charge is -2.31. The van der Waals surface area contributed by atoms with Crippen LogP contribution in [0.4, 0.5) is 0 Å². The van der Waals surface area contributed by atoms with E-state index in [2.05, 4.69) is 10.6 Å². The van der Waals surface area contributed by atoms with Crippen molar-refractivity contribution in [2.45, 2.75) is 18.9 Å². The van der Waals surface area contributed by atoms with E-state index in [1.807, 2.05) is 11.9 Å². The van der Waals surface area contributed by atoms with Crippen LogP contribution < -0.4 is 10.6 Å².